The zero-order chi connectivity index (χ0) is 18.6. The number of rotatable bonds is 5. The van der Waals surface area contributed by atoms with Crippen LogP contribution in [0.15, 0.2) is 59.3 Å². The molecule has 5 nitrogen and oxygen atoms in total. The van der Waals surface area contributed by atoms with Crippen LogP contribution in [0, 0.1) is 0 Å². The monoisotopic (exact) mass is 398 g/mol. The predicted molar refractivity (Wildman–Crippen MR) is 111 cm³/mol. The van der Waals surface area contributed by atoms with Gasteiger partial charge in [-0.25, -0.2) is 4.98 Å². The first-order valence-electron chi connectivity index (χ1n) is 8.96. The van der Waals surface area contributed by atoms with E-state index in [9.17, 15) is 4.79 Å². The maximum absolute atomic E-state index is 12.8. The maximum atomic E-state index is 12.8. The highest BCUT2D eigenvalue weighted by Crippen LogP contribution is 2.19. The molecule has 0 radical (unpaired) electrons. The van der Waals surface area contributed by atoms with Gasteiger partial charge in [0.15, 0.2) is 5.16 Å². The summed E-state index contributed by atoms with van der Waals surface area (Å²) in [5, 5.41) is 3.06. The van der Waals surface area contributed by atoms with Gasteiger partial charge in [-0.05, 0) is 42.0 Å². The molecule has 0 atom stereocenters. The summed E-state index contributed by atoms with van der Waals surface area (Å²) in [6.07, 6.45) is 5.74. The number of piperazine rings is 1. The minimum Gasteiger partial charge on any atom is -0.336 e. The maximum Gasteiger partial charge on any atom is 0.253 e. The molecule has 27 heavy (non-hydrogen) atoms. The standard InChI is InChI=1S/C20H22N4OS2/c1-26-20-21-8-9-24(20)17-6-4-16(5-7-17)19(25)23-12-10-22(11-13-23)15-18-3-2-14-27-18/h2-9,14H,10-13,15H2,1H3. The summed E-state index contributed by atoms with van der Waals surface area (Å²) in [7, 11) is 0. The zero-order valence-electron chi connectivity index (χ0n) is 15.2. The number of hydrogen-bond acceptors (Lipinski definition) is 5. The Morgan fingerprint density at radius 3 is 2.59 bits per heavy atom. The SMILES string of the molecule is CSc1nccn1-c1ccc(C(=O)N2CCN(Cc3cccs3)CC2)cc1. The normalized spacial score (nSPS) is 15.2. The molecule has 1 saturated heterocycles. The molecule has 1 aliphatic rings. The third kappa shape index (κ3) is 4.10. The van der Waals surface area contributed by atoms with Gasteiger partial charge in [0, 0.05) is 61.2 Å². The topological polar surface area (TPSA) is 41.4 Å². The molecule has 2 aromatic heterocycles. The van der Waals surface area contributed by atoms with Gasteiger partial charge in [-0.3, -0.25) is 14.3 Å². The van der Waals surface area contributed by atoms with Crippen LogP contribution >= 0.6 is 23.1 Å². The average molecular weight is 399 g/mol. The molecule has 1 aromatic carbocycles. The number of nitrogens with zero attached hydrogens (tertiary/aromatic N) is 4. The third-order valence-corrected chi connectivity index (χ3v) is 6.33. The summed E-state index contributed by atoms with van der Waals surface area (Å²) in [4.78, 5) is 22.9. The first-order valence-corrected chi connectivity index (χ1v) is 11.1. The van der Waals surface area contributed by atoms with Gasteiger partial charge in [0.2, 0.25) is 0 Å². The molecule has 7 heteroatoms. The number of imidazole rings is 1. The number of thioether (sulfide) groups is 1. The Hall–Kier alpha value is -2.09. The summed E-state index contributed by atoms with van der Waals surface area (Å²) in [5.41, 5.74) is 1.77. The lowest BCUT2D eigenvalue weighted by Gasteiger charge is -2.34. The summed E-state index contributed by atoms with van der Waals surface area (Å²) >= 11 is 3.40. The summed E-state index contributed by atoms with van der Waals surface area (Å²) in [6, 6.07) is 12.1. The molecule has 0 bridgehead atoms. The molecule has 1 amide bonds. The van der Waals surface area contributed by atoms with Crippen molar-refractivity contribution < 1.29 is 4.79 Å². The second-order valence-corrected chi connectivity index (χ2v) is 8.28. The van der Waals surface area contributed by atoms with Crippen molar-refractivity contribution in [1.29, 1.82) is 0 Å². The number of hydrogen-bond donors (Lipinski definition) is 0. The molecule has 3 heterocycles. The Balaban J connectivity index is 1.37. The van der Waals surface area contributed by atoms with Crippen LogP contribution in [0.3, 0.4) is 0 Å². The largest absolute Gasteiger partial charge is 0.336 e. The van der Waals surface area contributed by atoms with E-state index >= 15 is 0 Å². The highest BCUT2D eigenvalue weighted by Gasteiger charge is 2.22. The average Bonchev–Trinajstić information content (AvgIpc) is 3.40. The fourth-order valence-corrected chi connectivity index (χ4v) is 4.59. The Morgan fingerprint density at radius 1 is 1.15 bits per heavy atom. The van der Waals surface area contributed by atoms with Crippen LogP contribution in [0.4, 0.5) is 0 Å². The third-order valence-electron chi connectivity index (χ3n) is 4.80. The molecule has 1 fully saturated rings. The van der Waals surface area contributed by atoms with Gasteiger partial charge in [-0.2, -0.15) is 0 Å². The van der Waals surface area contributed by atoms with Gasteiger partial charge >= 0.3 is 0 Å². The van der Waals surface area contributed by atoms with Gasteiger partial charge in [-0.1, -0.05) is 17.8 Å². The number of carbonyl (C=O) groups excluding carboxylic acids is 1. The van der Waals surface area contributed by atoms with E-state index in [1.807, 2.05) is 46.2 Å². The number of amides is 1. The molecule has 140 valence electrons. The van der Waals surface area contributed by atoms with Crippen molar-refractivity contribution in [2.75, 3.05) is 32.4 Å². The second-order valence-electron chi connectivity index (χ2n) is 6.48. The lowest BCUT2D eigenvalue weighted by molar-refractivity contribution is 0.0629. The van der Waals surface area contributed by atoms with E-state index in [4.69, 9.17) is 0 Å². The van der Waals surface area contributed by atoms with Crippen LogP contribution in [0.25, 0.3) is 5.69 Å². The first-order chi connectivity index (χ1) is 13.2. The number of benzene rings is 1. The van der Waals surface area contributed by atoms with Crippen LogP contribution in [0.2, 0.25) is 0 Å². The fraction of sp³-hybridized carbons (Fsp3) is 0.300. The van der Waals surface area contributed by atoms with Crippen molar-refractivity contribution in [2.45, 2.75) is 11.7 Å². The van der Waals surface area contributed by atoms with Crippen molar-refractivity contribution in [3.63, 3.8) is 0 Å². The van der Waals surface area contributed by atoms with E-state index in [2.05, 4.69) is 27.4 Å². The van der Waals surface area contributed by atoms with E-state index in [-0.39, 0.29) is 5.91 Å². The quantitative estimate of drug-likeness (QED) is 0.616. The number of carbonyl (C=O) groups is 1. The van der Waals surface area contributed by atoms with Gasteiger partial charge in [0.1, 0.15) is 0 Å². The molecule has 4 rings (SSSR count). The Labute approximate surface area is 167 Å². The smallest absolute Gasteiger partial charge is 0.253 e. The first kappa shape index (κ1) is 18.3. The van der Waals surface area contributed by atoms with Gasteiger partial charge < -0.3 is 4.90 Å². The summed E-state index contributed by atoms with van der Waals surface area (Å²) in [5.74, 6) is 0.119. The van der Waals surface area contributed by atoms with Crippen molar-refractivity contribution in [2.24, 2.45) is 0 Å². The minimum atomic E-state index is 0.119. The van der Waals surface area contributed by atoms with E-state index in [0.29, 0.717) is 0 Å². The molecule has 0 N–H and O–H groups in total. The highest BCUT2D eigenvalue weighted by atomic mass is 32.2. The second kappa shape index (κ2) is 8.29. The molecular formula is C20H22N4OS2. The van der Waals surface area contributed by atoms with E-state index in [0.717, 1.165) is 49.1 Å². The van der Waals surface area contributed by atoms with Gasteiger partial charge in [-0.15, -0.1) is 11.3 Å². The van der Waals surface area contributed by atoms with Crippen molar-refractivity contribution in [3.05, 3.63) is 64.6 Å². The lowest BCUT2D eigenvalue weighted by atomic mass is 10.1. The molecule has 0 aliphatic carbocycles. The van der Waals surface area contributed by atoms with E-state index in [1.54, 1.807) is 29.3 Å². The summed E-state index contributed by atoms with van der Waals surface area (Å²) in [6.45, 7) is 4.40. The van der Waals surface area contributed by atoms with Crippen molar-refractivity contribution in [3.8, 4) is 5.69 Å². The Bertz CT molecular complexity index is 881. The van der Waals surface area contributed by atoms with Crippen LogP contribution in [-0.4, -0.2) is 57.7 Å². The predicted octanol–water partition coefficient (Wildman–Crippen LogP) is 3.61. The van der Waals surface area contributed by atoms with Gasteiger partial charge in [0.05, 0.1) is 0 Å². The molecule has 1 aliphatic heterocycles. The van der Waals surface area contributed by atoms with Crippen LogP contribution < -0.4 is 0 Å². The zero-order valence-corrected chi connectivity index (χ0v) is 16.9. The van der Waals surface area contributed by atoms with Crippen LogP contribution in [0.1, 0.15) is 15.2 Å². The summed E-state index contributed by atoms with van der Waals surface area (Å²) < 4.78 is 2.03. The molecule has 0 spiro atoms. The Kier molecular flexibility index (Phi) is 5.61. The van der Waals surface area contributed by atoms with Crippen molar-refractivity contribution in [1.82, 2.24) is 19.4 Å². The highest BCUT2D eigenvalue weighted by molar-refractivity contribution is 7.98. The van der Waals surface area contributed by atoms with E-state index in [1.165, 1.54) is 4.88 Å². The van der Waals surface area contributed by atoms with E-state index < -0.39 is 0 Å². The fourth-order valence-electron chi connectivity index (χ4n) is 3.32. The molecular weight excluding hydrogens is 376 g/mol. The molecule has 0 unspecified atom stereocenters. The van der Waals surface area contributed by atoms with Crippen LogP contribution in [-0.2, 0) is 6.54 Å². The number of thiophene rings is 1. The molecule has 0 saturated carbocycles. The molecule has 3 aromatic rings. The number of aromatic nitrogens is 2. The minimum absolute atomic E-state index is 0.119. The lowest BCUT2D eigenvalue weighted by Crippen LogP contribution is -2.48. The Morgan fingerprint density at radius 2 is 1.93 bits per heavy atom. The van der Waals surface area contributed by atoms with Crippen LogP contribution in [0.5, 0.6) is 0 Å². The van der Waals surface area contributed by atoms with Gasteiger partial charge in [0.25, 0.3) is 5.91 Å². The van der Waals surface area contributed by atoms with Crippen molar-refractivity contribution >= 4 is 29.0 Å².